The Bertz CT molecular complexity index is 778. The maximum Gasteiger partial charge on any atom is 0.244 e. The topological polar surface area (TPSA) is 39.7 Å². The van der Waals surface area contributed by atoms with Crippen LogP contribution in [-0.4, -0.2) is 61.0 Å². The summed E-state index contributed by atoms with van der Waals surface area (Å²) in [6.07, 6.45) is 0. The molecule has 1 saturated heterocycles. The van der Waals surface area contributed by atoms with E-state index >= 15 is 0 Å². The number of amides is 1. The van der Waals surface area contributed by atoms with Crippen molar-refractivity contribution < 1.29 is 9.18 Å². The number of carbonyl (C=O) groups excluding carboxylic acids is 1. The number of likely N-dealkylation sites (N-methyl/N-ethyl adjacent to an activating group) is 1. The fourth-order valence-electron chi connectivity index (χ4n) is 3.66. The Morgan fingerprint density at radius 3 is 2.11 bits per heavy atom. The number of aryl methyl sites for hydroxylation is 2. The lowest BCUT2D eigenvalue weighted by Crippen LogP contribution is -2.51. The number of nitrogens with zero attached hydrogens (tertiary/aromatic N) is 4. The van der Waals surface area contributed by atoms with Gasteiger partial charge < -0.3 is 9.80 Å². The maximum atomic E-state index is 13.2. The van der Waals surface area contributed by atoms with E-state index in [4.69, 9.17) is 0 Å². The molecule has 1 unspecified atom stereocenters. The van der Waals surface area contributed by atoms with Crippen molar-refractivity contribution in [1.29, 1.82) is 0 Å². The van der Waals surface area contributed by atoms with E-state index in [0.29, 0.717) is 13.1 Å². The molecular formula is C21H27FN4O. The minimum Gasteiger partial charge on any atom is -0.368 e. The van der Waals surface area contributed by atoms with E-state index in [9.17, 15) is 9.18 Å². The molecule has 1 aliphatic rings. The van der Waals surface area contributed by atoms with E-state index in [1.54, 1.807) is 12.1 Å². The molecule has 144 valence electrons. The highest BCUT2D eigenvalue weighted by Gasteiger charge is 2.30. The number of carbonyl (C=O) groups is 1. The minimum absolute atomic E-state index is 0.0633. The van der Waals surface area contributed by atoms with Gasteiger partial charge in [0.05, 0.1) is 0 Å². The zero-order chi connectivity index (χ0) is 19.6. The summed E-state index contributed by atoms with van der Waals surface area (Å²) in [6.45, 7) is 6.92. The molecule has 1 aromatic carbocycles. The lowest BCUT2D eigenvalue weighted by Gasteiger charge is -2.38. The van der Waals surface area contributed by atoms with Crippen LogP contribution >= 0.6 is 0 Å². The molecule has 5 nitrogen and oxygen atoms in total. The van der Waals surface area contributed by atoms with Crippen molar-refractivity contribution >= 4 is 11.6 Å². The van der Waals surface area contributed by atoms with Gasteiger partial charge in [-0.25, -0.2) is 4.39 Å². The smallest absolute Gasteiger partial charge is 0.244 e. The standard InChI is InChI=1S/C21H27FN4O/c1-15-13-19(14-16(2)23-15)25-9-11-26(12-10-25)21(27)20(24(3)4)17-5-7-18(22)8-6-17/h5-8,13-14,20H,9-12H2,1-4H3. The largest absolute Gasteiger partial charge is 0.368 e. The van der Waals surface area contributed by atoms with Crippen LogP contribution in [0, 0.1) is 19.7 Å². The summed E-state index contributed by atoms with van der Waals surface area (Å²) < 4.78 is 13.2. The Morgan fingerprint density at radius 2 is 1.59 bits per heavy atom. The molecule has 3 rings (SSSR count). The summed E-state index contributed by atoms with van der Waals surface area (Å²) in [5.41, 5.74) is 3.99. The zero-order valence-corrected chi connectivity index (χ0v) is 16.4. The van der Waals surface area contributed by atoms with Gasteiger partial charge in [-0.2, -0.15) is 0 Å². The monoisotopic (exact) mass is 370 g/mol. The van der Waals surface area contributed by atoms with Crippen LogP contribution in [0.2, 0.25) is 0 Å². The van der Waals surface area contributed by atoms with Crippen molar-refractivity contribution in [2.75, 3.05) is 45.2 Å². The average molecular weight is 370 g/mol. The number of piperazine rings is 1. The fraction of sp³-hybridized carbons (Fsp3) is 0.429. The van der Waals surface area contributed by atoms with Gasteiger partial charge >= 0.3 is 0 Å². The lowest BCUT2D eigenvalue weighted by molar-refractivity contribution is -0.136. The van der Waals surface area contributed by atoms with E-state index in [2.05, 4.69) is 22.0 Å². The van der Waals surface area contributed by atoms with Gasteiger partial charge in [0, 0.05) is 43.3 Å². The van der Waals surface area contributed by atoms with Crippen LogP contribution in [0.5, 0.6) is 0 Å². The number of aromatic nitrogens is 1. The molecule has 1 aromatic heterocycles. The molecule has 1 aliphatic heterocycles. The number of benzene rings is 1. The van der Waals surface area contributed by atoms with Gasteiger partial charge in [0.2, 0.25) is 5.91 Å². The van der Waals surface area contributed by atoms with Crippen molar-refractivity contribution in [3.8, 4) is 0 Å². The summed E-state index contributed by atoms with van der Waals surface area (Å²) >= 11 is 0. The van der Waals surface area contributed by atoms with Gasteiger partial charge in [0.15, 0.2) is 0 Å². The molecular weight excluding hydrogens is 343 g/mol. The molecule has 0 radical (unpaired) electrons. The van der Waals surface area contributed by atoms with E-state index in [-0.39, 0.29) is 11.7 Å². The van der Waals surface area contributed by atoms with E-state index in [0.717, 1.165) is 35.7 Å². The van der Waals surface area contributed by atoms with Crippen LogP contribution in [0.3, 0.4) is 0 Å². The third-order valence-electron chi connectivity index (χ3n) is 4.96. The second-order valence-corrected chi connectivity index (χ2v) is 7.34. The molecule has 2 aromatic rings. The highest BCUT2D eigenvalue weighted by atomic mass is 19.1. The van der Waals surface area contributed by atoms with Crippen molar-refractivity contribution in [2.45, 2.75) is 19.9 Å². The first-order chi connectivity index (χ1) is 12.8. The third-order valence-corrected chi connectivity index (χ3v) is 4.96. The zero-order valence-electron chi connectivity index (χ0n) is 16.4. The van der Waals surface area contributed by atoms with Crippen LogP contribution in [-0.2, 0) is 4.79 Å². The fourth-order valence-corrected chi connectivity index (χ4v) is 3.66. The summed E-state index contributed by atoms with van der Waals surface area (Å²) in [5.74, 6) is -0.228. The molecule has 0 bridgehead atoms. The van der Waals surface area contributed by atoms with E-state index in [1.165, 1.54) is 12.1 Å². The Morgan fingerprint density at radius 1 is 1.04 bits per heavy atom. The van der Waals surface area contributed by atoms with Crippen molar-refractivity contribution in [3.63, 3.8) is 0 Å². The molecule has 0 saturated carbocycles. The van der Waals surface area contributed by atoms with Gasteiger partial charge in [-0.15, -0.1) is 0 Å². The second-order valence-electron chi connectivity index (χ2n) is 7.34. The van der Waals surface area contributed by atoms with Crippen LogP contribution in [0.4, 0.5) is 10.1 Å². The SMILES string of the molecule is Cc1cc(N2CCN(C(=O)C(c3ccc(F)cc3)N(C)C)CC2)cc(C)n1. The number of halogens is 1. The van der Waals surface area contributed by atoms with Crippen molar-refractivity contribution in [1.82, 2.24) is 14.8 Å². The Labute approximate surface area is 160 Å². The number of anilines is 1. The summed E-state index contributed by atoms with van der Waals surface area (Å²) in [6, 6.07) is 9.98. The molecule has 27 heavy (non-hydrogen) atoms. The van der Waals surface area contributed by atoms with Gasteiger partial charge in [-0.05, 0) is 57.8 Å². The molecule has 2 heterocycles. The van der Waals surface area contributed by atoms with Crippen molar-refractivity contribution in [2.24, 2.45) is 0 Å². The molecule has 1 atom stereocenters. The summed E-state index contributed by atoms with van der Waals surface area (Å²) in [4.78, 5) is 23.7. The van der Waals surface area contributed by atoms with E-state index < -0.39 is 6.04 Å². The molecule has 0 spiro atoms. The van der Waals surface area contributed by atoms with Crippen LogP contribution in [0.15, 0.2) is 36.4 Å². The highest BCUT2D eigenvalue weighted by Crippen LogP contribution is 2.24. The number of hydrogen-bond donors (Lipinski definition) is 0. The van der Waals surface area contributed by atoms with Gasteiger partial charge in [-0.1, -0.05) is 12.1 Å². The second kappa shape index (κ2) is 8.05. The van der Waals surface area contributed by atoms with Crippen LogP contribution in [0.25, 0.3) is 0 Å². The molecule has 0 N–H and O–H groups in total. The van der Waals surface area contributed by atoms with E-state index in [1.807, 2.05) is 37.7 Å². The maximum absolute atomic E-state index is 13.2. The van der Waals surface area contributed by atoms with Gasteiger partial charge in [-0.3, -0.25) is 14.7 Å². The van der Waals surface area contributed by atoms with Crippen LogP contribution < -0.4 is 4.90 Å². The summed E-state index contributed by atoms with van der Waals surface area (Å²) in [7, 11) is 3.76. The molecule has 0 aliphatic carbocycles. The third kappa shape index (κ3) is 4.45. The first kappa shape index (κ1) is 19.3. The first-order valence-electron chi connectivity index (χ1n) is 9.26. The average Bonchev–Trinajstić information content (AvgIpc) is 2.62. The normalized spacial score (nSPS) is 15.9. The number of pyridine rings is 1. The molecule has 1 fully saturated rings. The minimum atomic E-state index is -0.400. The number of hydrogen-bond acceptors (Lipinski definition) is 4. The molecule has 6 heteroatoms. The number of rotatable bonds is 4. The predicted molar refractivity (Wildman–Crippen MR) is 105 cm³/mol. The van der Waals surface area contributed by atoms with Crippen LogP contribution in [0.1, 0.15) is 23.0 Å². The predicted octanol–water partition coefficient (Wildman–Crippen LogP) is 2.79. The first-order valence-corrected chi connectivity index (χ1v) is 9.26. The lowest BCUT2D eigenvalue weighted by atomic mass is 10.0. The van der Waals surface area contributed by atoms with Crippen molar-refractivity contribution in [3.05, 3.63) is 59.2 Å². The Balaban J connectivity index is 1.70. The highest BCUT2D eigenvalue weighted by molar-refractivity contribution is 5.83. The van der Waals surface area contributed by atoms with Gasteiger partial charge in [0.1, 0.15) is 11.9 Å². The quantitative estimate of drug-likeness (QED) is 0.830. The van der Waals surface area contributed by atoms with Gasteiger partial charge in [0.25, 0.3) is 0 Å². The summed E-state index contributed by atoms with van der Waals surface area (Å²) in [5, 5.41) is 0. The Hall–Kier alpha value is -2.47. The molecule has 1 amide bonds. The Kier molecular flexibility index (Phi) is 5.75.